The lowest BCUT2D eigenvalue weighted by atomic mass is 10.4. The molecule has 0 aliphatic carbocycles. The Labute approximate surface area is 81.1 Å². The van der Waals surface area contributed by atoms with Gasteiger partial charge in [-0.3, -0.25) is 14.7 Å². The van der Waals surface area contributed by atoms with E-state index in [4.69, 9.17) is 0 Å². The highest BCUT2D eigenvalue weighted by Gasteiger charge is 2.02. The largest absolute Gasteiger partial charge is 0.356 e. The van der Waals surface area contributed by atoms with Gasteiger partial charge in [0.1, 0.15) is 0 Å². The minimum Gasteiger partial charge on any atom is -0.356 e. The Kier molecular flexibility index (Phi) is 3.66. The molecule has 0 fully saturated rings. The smallest absolute Gasteiger partial charge is 0.226 e. The number of aromatic nitrogens is 2. The van der Waals surface area contributed by atoms with Gasteiger partial charge in [-0.25, -0.2) is 0 Å². The topological polar surface area (TPSA) is 86.9 Å². The summed E-state index contributed by atoms with van der Waals surface area (Å²) in [6.45, 7) is 1.76. The number of hydrogen-bond acceptors (Lipinski definition) is 3. The number of hydrogen-bond donors (Lipinski definition) is 3. The predicted octanol–water partition coefficient (Wildman–Crippen LogP) is -0.126. The molecular formula is C8H12N4O2. The van der Waals surface area contributed by atoms with Crippen LogP contribution in [0.3, 0.4) is 0 Å². The van der Waals surface area contributed by atoms with Gasteiger partial charge >= 0.3 is 0 Å². The van der Waals surface area contributed by atoms with E-state index in [0.717, 1.165) is 0 Å². The molecular weight excluding hydrogens is 184 g/mol. The van der Waals surface area contributed by atoms with Crippen molar-refractivity contribution in [3.05, 3.63) is 12.4 Å². The van der Waals surface area contributed by atoms with Gasteiger partial charge in [-0.15, -0.1) is 0 Å². The zero-order valence-corrected chi connectivity index (χ0v) is 7.83. The fraction of sp³-hybridized carbons (Fsp3) is 0.375. The molecule has 1 aromatic rings. The van der Waals surface area contributed by atoms with Crippen LogP contribution in [-0.2, 0) is 9.59 Å². The van der Waals surface area contributed by atoms with Crippen molar-refractivity contribution in [2.45, 2.75) is 13.3 Å². The van der Waals surface area contributed by atoms with Crippen LogP contribution in [0.15, 0.2) is 12.4 Å². The Balaban J connectivity index is 2.20. The maximum atomic E-state index is 11.2. The number of nitrogens with zero attached hydrogens (tertiary/aromatic N) is 1. The quantitative estimate of drug-likeness (QED) is 0.627. The van der Waals surface area contributed by atoms with E-state index in [9.17, 15) is 9.59 Å². The number of carbonyl (C=O) groups is 2. The number of rotatable bonds is 4. The van der Waals surface area contributed by atoms with Crippen molar-refractivity contribution in [3.63, 3.8) is 0 Å². The molecule has 0 aliphatic rings. The monoisotopic (exact) mass is 196 g/mol. The molecule has 3 N–H and O–H groups in total. The summed E-state index contributed by atoms with van der Waals surface area (Å²) in [5, 5.41) is 11.4. The van der Waals surface area contributed by atoms with E-state index in [-0.39, 0.29) is 18.2 Å². The lowest BCUT2D eigenvalue weighted by Gasteiger charge is -2.02. The first-order chi connectivity index (χ1) is 6.68. The molecule has 0 atom stereocenters. The number of aromatic amines is 1. The highest BCUT2D eigenvalue weighted by molar-refractivity contribution is 5.90. The van der Waals surface area contributed by atoms with Gasteiger partial charge in [-0.1, -0.05) is 0 Å². The normalized spacial score (nSPS) is 9.50. The van der Waals surface area contributed by atoms with Gasteiger partial charge in [0.2, 0.25) is 11.8 Å². The number of H-pyrrole nitrogens is 1. The summed E-state index contributed by atoms with van der Waals surface area (Å²) in [6, 6.07) is 0. The minimum atomic E-state index is -0.153. The minimum absolute atomic E-state index is 0.138. The van der Waals surface area contributed by atoms with E-state index in [2.05, 4.69) is 20.8 Å². The Bertz CT molecular complexity index is 307. The number of nitrogens with one attached hydrogen (secondary N) is 3. The first kappa shape index (κ1) is 10.2. The fourth-order valence-electron chi connectivity index (χ4n) is 0.895. The van der Waals surface area contributed by atoms with E-state index in [0.29, 0.717) is 12.2 Å². The van der Waals surface area contributed by atoms with Crippen molar-refractivity contribution in [2.75, 3.05) is 11.9 Å². The van der Waals surface area contributed by atoms with E-state index in [1.165, 1.54) is 13.1 Å². The van der Waals surface area contributed by atoms with Crippen LogP contribution in [0.25, 0.3) is 0 Å². The molecule has 0 bridgehead atoms. The third kappa shape index (κ3) is 3.70. The SMILES string of the molecule is CC(=O)NCCC(=O)Nc1cn[nH]c1. The molecule has 76 valence electrons. The molecule has 0 spiro atoms. The zero-order chi connectivity index (χ0) is 10.4. The van der Waals surface area contributed by atoms with Crippen molar-refractivity contribution >= 4 is 17.5 Å². The summed E-state index contributed by atoms with van der Waals surface area (Å²) in [6.07, 6.45) is 3.34. The molecule has 14 heavy (non-hydrogen) atoms. The summed E-state index contributed by atoms with van der Waals surface area (Å²) in [5.74, 6) is -0.290. The maximum absolute atomic E-state index is 11.2. The third-order valence-corrected chi connectivity index (χ3v) is 1.51. The summed E-state index contributed by atoms with van der Waals surface area (Å²) in [5.41, 5.74) is 0.623. The second kappa shape index (κ2) is 5.00. The van der Waals surface area contributed by atoms with Crippen LogP contribution in [-0.4, -0.2) is 28.6 Å². The molecule has 0 saturated heterocycles. The lowest BCUT2D eigenvalue weighted by molar-refractivity contribution is -0.119. The molecule has 0 aliphatic heterocycles. The van der Waals surface area contributed by atoms with Crippen molar-refractivity contribution in [2.24, 2.45) is 0 Å². The molecule has 6 heteroatoms. The molecule has 1 rings (SSSR count). The Hall–Kier alpha value is -1.85. The second-order valence-corrected chi connectivity index (χ2v) is 2.77. The average Bonchev–Trinajstić information content (AvgIpc) is 2.56. The van der Waals surface area contributed by atoms with Crippen LogP contribution < -0.4 is 10.6 Å². The van der Waals surface area contributed by atoms with Crippen molar-refractivity contribution in [3.8, 4) is 0 Å². The molecule has 1 heterocycles. The maximum Gasteiger partial charge on any atom is 0.226 e. The summed E-state index contributed by atoms with van der Waals surface area (Å²) in [4.78, 5) is 21.7. The highest BCUT2D eigenvalue weighted by Crippen LogP contribution is 2.00. The van der Waals surface area contributed by atoms with Gasteiger partial charge in [0, 0.05) is 26.1 Å². The van der Waals surface area contributed by atoms with Crippen LogP contribution in [0.4, 0.5) is 5.69 Å². The number of amides is 2. The van der Waals surface area contributed by atoms with E-state index in [1.807, 2.05) is 0 Å². The van der Waals surface area contributed by atoms with Gasteiger partial charge in [0.25, 0.3) is 0 Å². The van der Waals surface area contributed by atoms with Crippen molar-refractivity contribution in [1.29, 1.82) is 0 Å². The van der Waals surface area contributed by atoms with Gasteiger partial charge in [-0.05, 0) is 0 Å². The van der Waals surface area contributed by atoms with Gasteiger partial charge < -0.3 is 10.6 Å². The average molecular weight is 196 g/mol. The molecule has 6 nitrogen and oxygen atoms in total. The highest BCUT2D eigenvalue weighted by atomic mass is 16.2. The van der Waals surface area contributed by atoms with E-state index >= 15 is 0 Å². The Morgan fingerprint density at radius 2 is 2.36 bits per heavy atom. The van der Waals surface area contributed by atoms with Crippen molar-refractivity contribution in [1.82, 2.24) is 15.5 Å². The van der Waals surface area contributed by atoms with Crippen LogP contribution in [0, 0.1) is 0 Å². The third-order valence-electron chi connectivity index (χ3n) is 1.51. The molecule has 0 radical (unpaired) electrons. The lowest BCUT2D eigenvalue weighted by Crippen LogP contribution is -2.25. The molecule has 0 saturated carbocycles. The fourth-order valence-corrected chi connectivity index (χ4v) is 0.895. The van der Waals surface area contributed by atoms with E-state index < -0.39 is 0 Å². The predicted molar refractivity (Wildman–Crippen MR) is 50.5 cm³/mol. The number of anilines is 1. The molecule has 0 unspecified atom stereocenters. The van der Waals surface area contributed by atoms with Crippen LogP contribution in [0.5, 0.6) is 0 Å². The molecule has 1 aromatic heterocycles. The molecule has 2 amide bonds. The van der Waals surface area contributed by atoms with Crippen LogP contribution >= 0.6 is 0 Å². The van der Waals surface area contributed by atoms with Crippen molar-refractivity contribution < 1.29 is 9.59 Å². The first-order valence-electron chi connectivity index (χ1n) is 4.21. The summed E-state index contributed by atoms with van der Waals surface area (Å²) < 4.78 is 0. The van der Waals surface area contributed by atoms with Gasteiger partial charge in [-0.2, -0.15) is 5.10 Å². The summed E-state index contributed by atoms with van der Waals surface area (Å²) in [7, 11) is 0. The second-order valence-electron chi connectivity index (χ2n) is 2.77. The zero-order valence-electron chi connectivity index (χ0n) is 7.83. The first-order valence-corrected chi connectivity index (χ1v) is 4.21. The van der Waals surface area contributed by atoms with Crippen LogP contribution in [0.1, 0.15) is 13.3 Å². The van der Waals surface area contributed by atoms with Crippen LogP contribution in [0.2, 0.25) is 0 Å². The standard InChI is InChI=1S/C8H12N4O2/c1-6(13)9-3-2-8(14)12-7-4-10-11-5-7/h4-5H,2-3H2,1H3,(H,9,13)(H,10,11)(H,12,14). The Morgan fingerprint density at radius 3 is 2.93 bits per heavy atom. The Morgan fingerprint density at radius 1 is 1.57 bits per heavy atom. The number of carbonyl (C=O) groups excluding carboxylic acids is 2. The van der Waals surface area contributed by atoms with Gasteiger partial charge in [0.05, 0.1) is 11.9 Å². The molecule has 0 aromatic carbocycles. The summed E-state index contributed by atoms with van der Waals surface area (Å²) >= 11 is 0. The van der Waals surface area contributed by atoms with E-state index in [1.54, 1.807) is 6.20 Å². The van der Waals surface area contributed by atoms with Gasteiger partial charge in [0.15, 0.2) is 0 Å².